The fraction of sp³-hybridized carbons (Fsp3) is 0.812. The van der Waals surface area contributed by atoms with E-state index >= 15 is 0 Å². The molecule has 0 radical (unpaired) electrons. The average molecular weight is 341 g/mol. The van der Waals surface area contributed by atoms with Gasteiger partial charge in [-0.3, -0.25) is 9.59 Å². The lowest BCUT2D eigenvalue weighted by Crippen LogP contribution is -2.53. The molecule has 136 valence electrons. The van der Waals surface area contributed by atoms with Gasteiger partial charge in [-0.1, -0.05) is 13.3 Å². The molecule has 0 aromatic carbocycles. The largest absolute Gasteiger partial charge is 0.465 e. The summed E-state index contributed by atoms with van der Waals surface area (Å²) in [4.78, 5) is 35.1. The summed E-state index contributed by atoms with van der Waals surface area (Å²) in [6.45, 7) is 2.37. The molecule has 1 unspecified atom stereocenters. The van der Waals surface area contributed by atoms with Crippen molar-refractivity contribution >= 4 is 17.9 Å². The molecule has 1 heterocycles. The summed E-state index contributed by atoms with van der Waals surface area (Å²) in [6.07, 6.45) is 3.27. The van der Waals surface area contributed by atoms with Crippen LogP contribution in [-0.2, 0) is 9.59 Å². The van der Waals surface area contributed by atoms with Gasteiger partial charge in [0.05, 0.1) is 12.6 Å². The van der Waals surface area contributed by atoms with Crippen molar-refractivity contribution in [2.45, 2.75) is 57.5 Å². The van der Waals surface area contributed by atoms with Gasteiger partial charge in [0.1, 0.15) is 6.04 Å². The van der Waals surface area contributed by atoms with Crippen LogP contribution in [0.25, 0.3) is 0 Å². The van der Waals surface area contributed by atoms with Crippen LogP contribution in [-0.4, -0.2) is 53.4 Å². The van der Waals surface area contributed by atoms with Crippen molar-refractivity contribution in [2.24, 2.45) is 11.3 Å². The normalized spacial score (nSPS) is 24.4. The number of carbonyl (C=O) groups excluding carboxylic acids is 2. The van der Waals surface area contributed by atoms with Crippen molar-refractivity contribution in [2.75, 3.05) is 13.2 Å². The van der Waals surface area contributed by atoms with Crippen LogP contribution in [0.15, 0.2) is 0 Å². The maximum Gasteiger partial charge on any atom is 0.405 e. The van der Waals surface area contributed by atoms with Crippen LogP contribution < -0.4 is 16.0 Å². The van der Waals surface area contributed by atoms with Gasteiger partial charge in [-0.15, -0.1) is 0 Å². The second kappa shape index (κ2) is 7.83. The maximum absolute atomic E-state index is 12.5. The van der Waals surface area contributed by atoms with Crippen LogP contribution in [0.1, 0.15) is 45.4 Å². The summed E-state index contributed by atoms with van der Waals surface area (Å²) in [7, 11) is 0. The van der Waals surface area contributed by atoms with E-state index in [0.717, 1.165) is 19.3 Å². The Labute approximate surface area is 141 Å². The van der Waals surface area contributed by atoms with Crippen molar-refractivity contribution in [1.29, 1.82) is 0 Å². The SMILES string of the molecule is CC1(CC(NC(=O)O)C(=O)N[C@H](CO)C[C@@H]2CCNC2=O)CCC1. The van der Waals surface area contributed by atoms with E-state index in [9.17, 15) is 19.5 Å². The first-order valence-corrected chi connectivity index (χ1v) is 8.51. The molecule has 8 heteroatoms. The number of amides is 3. The Bertz CT molecular complexity index is 492. The van der Waals surface area contributed by atoms with Gasteiger partial charge >= 0.3 is 6.09 Å². The molecule has 1 aliphatic carbocycles. The standard InChI is InChI=1S/C16H27N3O5/c1-16(4-2-5-16)8-12(19-15(23)24)14(22)18-11(9-20)7-10-3-6-17-13(10)21/h10-12,19-20H,2-9H2,1H3,(H,17,21)(H,18,22)(H,23,24)/t10-,11-,12?/m0/s1. The van der Waals surface area contributed by atoms with E-state index in [4.69, 9.17) is 5.11 Å². The topological polar surface area (TPSA) is 128 Å². The fourth-order valence-corrected chi connectivity index (χ4v) is 3.53. The molecule has 0 spiro atoms. The Morgan fingerprint density at radius 3 is 2.54 bits per heavy atom. The molecule has 1 aliphatic heterocycles. The predicted octanol–water partition coefficient (Wildman–Crippen LogP) is 0.206. The first-order chi connectivity index (χ1) is 11.3. The highest BCUT2D eigenvalue weighted by Crippen LogP contribution is 2.44. The fourth-order valence-electron chi connectivity index (χ4n) is 3.53. The highest BCUT2D eigenvalue weighted by Gasteiger charge is 2.38. The lowest BCUT2D eigenvalue weighted by molar-refractivity contribution is -0.126. The van der Waals surface area contributed by atoms with E-state index in [-0.39, 0.29) is 23.8 Å². The van der Waals surface area contributed by atoms with Crippen molar-refractivity contribution in [3.8, 4) is 0 Å². The quantitative estimate of drug-likeness (QED) is 0.431. The van der Waals surface area contributed by atoms with Gasteiger partial charge in [0.2, 0.25) is 11.8 Å². The van der Waals surface area contributed by atoms with Gasteiger partial charge in [-0.2, -0.15) is 0 Å². The molecule has 0 bridgehead atoms. The van der Waals surface area contributed by atoms with Crippen LogP contribution >= 0.6 is 0 Å². The number of hydrogen-bond acceptors (Lipinski definition) is 4. The van der Waals surface area contributed by atoms with Gasteiger partial charge < -0.3 is 26.2 Å². The Morgan fingerprint density at radius 2 is 2.08 bits per heavy atom. The van der Waals surface area contributed by atoms with E-state index in [1.807, 2.05) is 6.92 Å². The molecular weight excluding hydrogens is 314 g/mol. The number of aliphatic hydroxyl groups is 1. The zero-order chi connectivity index (χ0) is 17.7. The van der Waals surface area contributed by atoms with E-state index in [1.165, 1.54) is 0 Å². The lowest BCUT2D eigenvalue weighted by Gasteiger charge is -2.40. The highest BCUT2D eigenvalue weighted by molar-refractivity contribution is 5.85. The van der Waals surface area contributed by atoms with Crippen molar-refractivity contribution in [3.63, 3.8) is 0 Å². The molecule has 3 atom stereocenters. The number of carbonyl (C=O) groups is 3. The number of hydrogen-bond donors (Lipinski definition) is 5. The molecule has 2 fully saturated rings. The number of nitrogens with one attached hydrogen (secondary N) is 3. The number of aliphatic hydroxyl groups excluding tert-OH is 1. The molecular formula is C16H27N3O5. The third kappa shape index (κ3) is 4.83. The molecule has 8 nitrogen and oxygen atoms in total. The Morgan fingerprint density at radius 1 is 1.38 bits per heavy atom. The minimum atomic E-state index is -1.24. The summed E-state index contributed by atoms with van der Waals surface area (Å²) >= 11 is 0. The second-order valence-corrected chi connectivity index (χ2v) is 7.27. The van der Waals surface area contributed by atoms with Crippen LogP contribution in [0.3, 0.4) is 0 Å². The monoisotopic (exact) mass is 341 g/mol. The third-order valence-corrected chi connectivity index (χ3v) is 5.17. The Balaban J connectivity index is 1.93. The Kier molecular flexibility index (Phi) is 6.04. The van der Waals surface area contributed by atoms with Crippen molar-refractivity contribution < 1.29 is 24.6 Å². The van der Waals surface area contributed by atoms with Gasteiger partial charge in [0.15, 0.2) is 0 Å². The summed E-state index contributed by atoms with van der Waals surface area (Å²) in [5.41, 5.74) is -0.0233. The van der Waals surface area contributed by atoms with Crippen LogP contribution in [0, 0.1) is 11.3 Å². The van der Waals surface area contributed by atoms with E-state index in [2.05, 4.69) is 16.0 Å². The van der Waals surface area contributed by atoms with Crippen LogP contribution in [0.4, 0.5) is 4.79 Å². The molecule has 1 saturated carbocycles. The summed E-state index contributed by atoms with van der Waals surface area (Å²) in [5, 5.41) is 26.2. The summed E-state index contributed by atoms with van der Waals surface area (Å²) in [5.74, 6) is -0.731. The minimum Gasteiger partial charge on any atom is -0.465 e. The van der Waals surface area contributed by atoms with Gasteiger partial charge in [-0.05, 0) is 37.5 Å². The molecule has 1 saturated heterocycles. The smallest absolute Gasteiger partial charge is 0.405 e. The zero-order valence-electron chi connectivity index (χ0n) is 14.0. The zero-order valence-corrected chi connectivity index (χ0v) is 14.0. The van der Waals surface area contributed by atoms with Gasteiger partial charge in [-0.25, -0.2) is 4.79 Å². The molecule has 24 heavy (non-hydrogen) atoms. The van der Waals surface area contributed by atoms with E-state index in [1.54, 1.807) is 0 Å². The second-order valence-electron chi connectivity index (χ2n) is 7.27. The first-order valence-electron chi connectivity index (χ1n) is 8.51. The predicted molar refractivity (Wildman–Crippen MR) is 86.3 cm³/mol. The molecule has 3 amide bonds. The summed E-state index contributed by atoms with van der Waals surface area (Å²) in [6, 6.07) is -1.40. The Hall–Kier alpha value is -1.83. The van der Waals surface area contributed by atoms with Crippen molar-refractivity contribution in [1.82, 2.24) is 16.0 Å². The number of rotatable bonds is 8. The average Bonchev–Trinajstić information content (AvgIpc) is 2.88. The maximum atomic E-state index is 12.5. The number of carboxylic acid groups (broad SMARTS) is 1. The van der Waals surface area contributed by atoms with E-state index < -0.39 is 24.1 Å². The van der Waals surface area contributed by atoms with Gasteiger partial charge in [0.25, 0.3) is 0 Å². The molecule has 2 aliphatic rings. The van der Waals surface area contributed by atoms with E-state index in [0.29, 0.717) is 25.8 Å². The molecule has 2 rings (SSSR count). The summed E-state index contributed by atoms with van der Waals surface area (Å²) < 4.78 is 0. The minimum absolute atomic E-state index is 0.0233. The van der Waals surface area contributed by atoms with Gasteiger partial charge in [0, 0.05) is 12.5 Å². The lowest BCUT2D eigenvalue weighted by atomic mass is 9.67. The first kappa shape index (κ1) is 18.5. The van der Waals surface area contributed by atoms with Crippen molar-refractivity contribution in [3.05, 3.63) is 0 Å². The molecule has 5 N–H and O–H groups in total. The van der Waals surface area contributed by atoms with Crippen LogP contribution in [0.2, 0.25) is 0 Å². The highest BCUT2D eigenvalue weighted by atomic mass is 16.4. The van der Waals surface area contributed by atoms with Crippen LogP contribution in [0.5, 0.6) is 0 Å². The third-order valence-electron chi connectivity index (χ3n) is 5.17. The molecule has 0 aromatic heterocycles. The molecule has 0 aromatic rings.